The molecule has 0 bridgehead atoms. The van der Waals surface area contributed by atoms with Crippen molar-refractivity contribution in [1.82, 2.24) is 0 Å². The standard InChI is InChI=1S/C21H30O3/c1-3-13-10-18(24)20(2)8-7-17-16(19(13)20)5-4-14-11-15(23)6-9-21(14,17)12-22/h11,13,16-17,19,22H,3-10,12H2,1-2H3/t13?,16-,17-,19+,20-,21-/m1/s1. The molecule has 24 heavy (non-hydrogen) atoms. The monoisotopic (exact) mass is 330 g/mol. The van der Waals surface area contributed by atoms with Crippen LogP contribution < -0.4 is 0 Å². The molecule has 4 aliphatic carbocycles. The van der Waals surface area contributed by atoms with Gasteiger partial charge in [-0.05, 0) is 61.9 Å². The number of carbonyl (C=O) groups excluding carboxylic acids is 2. The quantitative estimate of drug-likeness (QED) is 0.840. The predicted molar refractivity (Wildman–Crippen MR) is 92.3 cm³/mol. The minimum Gasteiger partial charge on any atom is -0.395 e. The van der Waals surface area contributed by atoms with Gasteiger partial charge in [-0.2, -0.15) is 0 Å². The van der Waals surface area contributed by atoms with Crippen LogP contribution in [-0.4, -0.2) is 23.3 Å². The molecule has 1 unspecified atom stereocenters. The van der Waals surface area contributed by atoms with Crippen LogP contribution in [0.15, 0.2) is 11.6 Å². The maximum atomic E-state index is 12.7. The molecular weight excluding hydrogens is 300 g/mol. The Labute approximate surface area is 144 Å². The number of hydrogen-bond acceptors (Lipinski definition) is 3. The van der Waals surface area contributed by atoms with Gasteiger partial charge in [-0.15, -0.1) is 0 Å². The Hall–Kier alpha value is -0.960. The van der Waals surface area contributed by atoms with Gasteiger partial charge in [0, 0.05) is 23.7 Å². The first-order valence-corrected chi connectivity index (χ1v) is 9.84. The summed E-state index contributed by atoms with van der Waals surface area (Å²) in [6.45, 7) is 4.61. The van der Waals surface area contributed by atoms with Crippen LogP contribution in [0.1, 0.15) is 65.2 Å². The molecule has 4 rings (SSSR count). The number of fused-ring (bicyclic) bond motifs is 5. The van der Waals surface area contributed by atoms with E-state index in [1.165, 1.54) is 5.57 Å². The SMILES string of the molecule is CCC1CC(=O)[C@@]2(C)CC[C@@H]3[C@@H](CCC4=CC(=O)CC[C@@]43CO)[C@H]12. The van der Waals surface area contributed by atoms with Crippen molar-refractivity contribution >= 4 is 11.6 Å². The van der Waals surface area contributed by atoms with Gasteiger partial charge in [-0.1, -0.05) is 25.8 Å². The highest BCUT2D eigenvalue weighted by molar-refractivity contribution is 5.92. The molecule has 0 saturated heterocycles. The number of aliphatic hydroxyl groups excluding tert-OH is 1. The highest BCUT2D eigenvalue weighted by atomic mass is 16.3. The summed E-state index contributed by atoms with van der Waals surface area (Å²) in [6, 6.07) is 0. The van der Waals surface area contributed by atoms with Crippen LogP contribution in [0.4, 0.5) is 0 Å². The number of aliphatic hydroxyl groups is 1. The van der Waals surface area contributed by atoms with Crippen LogP contribution in [0.5, 0.6) is 0 Å². The number of hydrogen-bond donors (Lipinski definition) is 1. The highest BCUT2D eigenvalue weighted by Gasteiger charge is 2.62. The van der Waals surface area contributed by atoms with Crippen LogP contribution in [0.3, 0.4) is 0 Å². The second-order valence-electron chi connectivity index (χ2n) is 9.04. The fourth-order valence-electron chi connectivity index (χ4n) is 7.10. The normalized spacial score (nSPS) is 47.7. The highest BCUT2D eigenvalue weighted by Crippen LogP contribution is 2.65. The molecule has 0 spiro atoms. The smallest absolute Gasteiger partial charge is 0.155 e. The molecule has 1 N–H and O–H groups in total. The van der Waals surface area contributed by atoms with E-state index in [0.29, 0.717) is 35.9 Å². The van der Waals surface area contributed by atoms with Crippen LogP contribution in [-0.2, 0) is 9.59 Å². The van der Waals surface area contributed by atoms with E-state index in [1.54, 1.807) is 0 Å². The average Bonchev–Trinajstić information content (AvgIpc) is 2.85. The lowest BCUT2D eigenvalue weighted by atomic mass is 9.46. The first kappa shape index (κ1) is 16.5. The molecule has 3 fully saturated rings. The van der Waals surface area contributed by atoms with Crippen molar-refractivity contribution < 1.29 is 14.7 Å². The molecule has 0 heterocycles. The minimum absolute atomic E-state index is 0.135. The van der Waals surface area contributed by atoms with Crippen LogP contribution >= 0.6 is 0 Å². The van der Waals surface area contributed by atoms with Gasteiger partial charge in [-0.25, -0.2) is 0 Å². The first-order chi connectivity index (χ1) is 11.5. The van der Waals surface area contributed by atoms with Crippen molar-refractivity contribution in [2.75, 3.05) is 6.61 Å². The van der Waals surface area contributed by atoms with Gasteiger partial charge in [-0.3, -0.25) is 9.59 Å². The second kappa shape index (κ2) is 5.52. The van der Waals surface area contributed by atoms with Crippen molar-refractivity contribution in [3.05, 3.63) is 11.6 Å². The predicted octanol–water partition coefficient (Wildman–Crippen LogP) is 3.70. The molecular formula is C21H30O3. The van der Waals surface area contributed by atoms with Gasteiger partial charge in [0.15, 0.2) is 5.78 Å². The third-order valence-corrected chi connectivity index (χ3v) is 8.34. The maximum Gasteiger partial charge on any atom is 0.155 e. The molecule has 0 radical (unpaired) electrons. The second-order valence-corrected chi connectivity index (χ2v) is 9.04. The summed E-state index contributed by atoms with van der Waals surface area (Å²) in [4.78, 5) is 24.7. The summed E-state index contributed by atoms with van der Waals surface area (Å²) in [5.74, 6) is 2.70. The fraction of sp³-hybridized carbons (Fsp3) is 0.810. The molecule has 0 aromatic carbocycles. The Bertz CT molecular complexity index is 606. The third-order valence-electron chi connectivity index (χ3n) is 8.34. The van der Waals surface area contributed by atoms with E-state index in [1.807, 2.05) is 6.08 Å². The maximum absolute atomic E-state index is 12.7. The lowest BCUT2D eigenvalue weighted by Crippen LogP contribution is -2.53. The van der Waals surface area contributed by atoms with Crippen molar-refractivity contribution in [3.8, 4) is 0 Å². The van der Waals surface area contributed by atoms with E-state index in [-0.39, 0.29) is 23.2 Å². The molecule has 0 aromatic rings. The molecule has 0 aromatic heterocycles. The van der Waals surface area contributed by atoms with Crippen LogP contribution in [0, 0.1) is 34.5 Å². The summed E-state index contributed by atoms with van der Waals surface area (Å²) in [5.41, 5.74) is 0.898. The van der Waals surface area contributed by atoms with E-state index in [9.17, 15) is 14.7 Å². The van der Waals surface area contributed by atoms with Gasteiger partial charge in [0.25, 0.3) is 0 Å². The first-order valence-electron chi connectivity index (χ1n) is 9.84. The third kappa shape index (κ3) is 2.00. The molecule has 0 aliphatic heterocycles. The zero-order chi connectivity index (χ0) is 17.1. The molecule has 6 atom stereocenters. The van der Waals surface area contributed by atoms with Gasteiger partial charge < -0.3 is 5.11 Å². The van der Waals surface area contributed by atoms with E-state index in [4.69, 9.17) is 0 Å². The number of carbonyl (C=O) groups is 2. The Balaban J connectivity index is 1.75. The summed E-state index contributed by atoms with van der Waals surface area (Å²) in [6.07, 6.45) is 9.11. The Morgan fingerprint density at radius 1 is 1.21 bits per heavy atom. The summed E-state index contributed by atoms with van der Waals surface area (Å²) < 4.78 is 0. The van der Waals surface area contributed by atoms with Crippen LogP contribution in [0.2, 0.25) is 0 Å². The zero-order valence-electron chi connectivity index (χ0n) is 15.0. The number of ketones is 2. The molecule has 132 valence electrons. The van der Waals surface area contributed by atoms with Gasteiger partial charge >= 0.3 is 0 Å². The zero-order valence-corrected chi connectivity index (χ0v) is 15.0. The summed E-state index contributed by atoms with van der Waals surface area (Å²) in [5, 5.41) is 10.4. The number of rotatable bonds is 2. The largest absolute Gasteiger partial charge is 0.395 e. The average molecular weight is 330 g/mol. The van der Waals surface area contributed by atoms with Crippen molar-refractivity contribution in [3.63, 3.8) is 0 Å². The fourth-order valence-corrected chi connectivity index (χ4v) is 7.10. The van der Waals surface area contributed by atoms with E-state index >= 15 is 0 Å². The van der Waals surface area contributed by atoms with Crippen molar-refractivity contribution in [2.24, 2.45) is 34.5 Å². The van der Waals surface area contributed by atoms with E-state index in [0.717, 1.165) is 44.9 Å². The molecule has 3 heteroatoms. The Kier molecular flexibility index (Phi) is 3.80. The summed E-state index contributed by atoms with van der Waals surface area (Å²) >= 11 is 0. The van der Waals surface area contributed by atoms with E-state index < -0.39 is 0 Å². The number of Topliss-reactive ketones (excluding diaryl/α,β-unsaturated/α-hetero) is 1. The summed E-state index contributed by atoms with van der Waals surface area (Å²) in [7, 11) is 0. The lowest BCUT2D eigenvalue weighted by Gasteiger charge is -2.58. The van der Waals surface area contributed by atoms with E-state index in [2.05, 4.69) is 13.8 Å². The molecule has 4 aliphatic rings. The van der Waals surface area contributed by atoms with Crippen molar-refractivity contribution in [1.29, 1.82) is 0 Å². The minimum atomic E-state index is -0.178. The van der Waals surface area contributed by atoms with Gasteiger partial charge in [0.05, 0.1) is 6.61 Å². The topological polar surface area (TPSA) is 54.4 Å². The van der Waals surface area contributed by atoms with Crippen molar-refractivity contribution in [2.45, 2.75) is 65.2 Å². The van der Waals surface area contributed by atoms with Gasteiger partial charge in [0.2, 0.25) is 0 Å². The Morgan fingerprint density at radius 2 is 2.00 bits per heavy atom. The Morgan fingerprint density at radius 3 is 2.71 bits per heavy atom. The molecule has 3 saturated carbocycles. The lowest BCUT2D eigenvalue weighted by molar-refractivity contribution is -0.134. The molecule has 0 amide bonds. The van der Waals surface area contributed by atoms with Crippen LogP contribution in [0.25, 0.3) is 0 Å². The molecule has 3 nitrogen and oxygen atoms in total. The van der Waals surface area contributed by atoms with Gasteiger partial charge in [0.1, 0.15) is 5.78 Å².